The Morgan fingerprint density at radius 3 is 2.90 bits per heavy atom. The lowest BCUT2D eigenvalue weighted by Gasteiger charge is -2.46. The van der Waals surface area contributed by atoms with Gasteiger partial charge in [0.15, 0.2) is 6.04 Å². The third kappa shape index (κ3) is 0.511. The molecule has 0 amide bonds. The largest absolute Gasteiger partial charge is 0.313 e. The normalized spacial score (nSPS) is 56.0. The Kier molecular flexibility index (Phi) is 0.857. The molecule has 0 aromatic carbocycles. The van der Waals surface area contributed by atoms with Gasteiger partial charge in [-0.05, 0) is 18.9 Å². The molecule has 3 aliphatic rings. The first-order valence-corrected chi connectivity index (χ1v) is 4.26. The Labute approximate surface area is 60.7 Å². The molecule has 0 aromatic rings. The summed E-state index contributed by atoms with van der Waals surface area (Å²) in [6.45, 7) is 1.28. The van der Waals surface area contributed by atoms with Crippen molar-refractivity contribution in [1.29, 1.82) is 0 Å². The molecule has 2 heteroatoms. The molecule has 54 valence electrons. The molecular formula is C8H13N2+. The SMILES string of the molecule is C1=[NH+]C2CC3NCC3CC12. The molecule has 2 fully saturated rings. The molecule has 0 spiro atoms. The van der Waals surface area contributed by atoms with E-state index in [2.05, 4.69) is 16.5 Å². The Morgan fingerprint density at radius 1 is 1.40 bits per heavy atom. The van der Waals surface area contributed by atoms with Crippen molar-refractivity contribution in [3.05, 3.63) is 0 Å². The van der Waals surface area contributed by atoms with Crippen LogP contribution in [-0.2, 0) is 0 Å². The maximum absolute atomic E-state index is 3.48. The summed E-state index contributed by atoms with van der Waals surface area (Å²) in [6, 6.07) is 1.69. The fraction of sp³-hybridized carbons (Fsp3) is 0.875. The van der Waals surface area contributed by atoms with E-state index < -0.39 is 0 Å². The van der Waals surface area contributed by atoms with Gasteiger partial charge < -0.3 is 5.32 Å². The molecular weight excluding hydrogens is 124 g/mol. The summed E-state index contributed by atoms with van der Waals surface area (Å²) < 4.78 is 0. The van der Waals surface area contributed by atoms with E-state index in [4.69, 9.17) is 0 Å². The van der Waals surface area contributed by atoms with Crippen molar-refractivity contribution >= 4 is 6.21 Å². The number of hydrogen-bond acceptors (Lipinski definition) is 1. The number of nitrogens with one attached hydrogen (secondary N) is 2. The van der Waals surface area contributed by atoms with Crippen LogP contribution >= 0.6 is 0 Å². The highest BCUT2D eigenvalue weighted by atomic mass is 15.0. The molecule has 0 radical (unpaired) electrons. The predicted molar refractivity (Wildman–Crippen MR) is 38.8 cm³/mol. The minimum absolute atomic E-state index is 0.828. The maximum atomic E-state index is 3.48. The molecule has 2 aliphatic heterocycles. The monoisotopic (exact) mass is 137 g/mol. The van der Waals surface area contributed by atoms with Crippen molar-refractivity contribution in [1.82, 2.24) is 5.32 Å². The van der Waals surface area contributed by atoms with E-state index in [0.29, 0.717) is 0 Å². The average molecular weight is 137 g/mol. The molecule has 0 bridgehead atoms. The van der Waals surface area contributed by atoms with Gasteiger partial charge in [0.25, 0.3) is 0 Å². The van der Waals surface area contributed by atoms with Crippen LogP contribution < -0.4 is 10.3 Å². The number of rotatable bonds is 0. The maximum Gasteiger partial charge on any atom is 0.163 e. The lowest BCUT2D eigenvalue weighted by molar-refractivity contribution is -0.547. The highest BCUT2D eigenvalue weighted by Crippen LogP contribution is 2.32. The van der Waals surface area contributed by atoms with E-state index in [-0.39, 0.29) is 0 Å². The molecule has 10 heavy (non-hydrogen) atoms. The Hall–Kier alpha value is -0.370. The fourth-order valence-corrected chi connectivity index (χ4v) is 2.44. The van der Waals surface area contributed by atoms with Crippen LogP contribution in [0.3, 0.4) is 0 Å². The topological polar surface area (TPSA) is 26.0 Å². The zero-order valence-electron chi connectivity index (χ0n) is 6.01. The van der Waals surface area contributed by atoms with Crippen molar-refractivity contribution in [2.75, 3.05) is 6.54 Å². The van der Waals surface area contributed by atoms with Crippen molar-refractivity contribution < 1.29 is 4.99 Å². The smallest absolute Gasteiger partial charge is 0.163 e. The predicted octanol–water partition coefficient (Wildman–Crippen LogP) is -1.48. The second kappa shape index (κ2) is 1.62. The van der Waals surface area contributed by atoms with Gasteiger partial charge in [-0.25, -0.2) is 4.99 Å². The minimum atomic E-state index is 0.828. The molecule has 2 N–H and O–H groups in total. The lowest BCUT2D eigenvalue weighted by Crippen LogP contribution is -2.91. The zero-order chi connectivity index (χ0) is 6.55. The van der Waals surface area contributed by atoms with Crippen LogP contribution in [0.4, 0.5) is 0 Å². The first kappa shape index (κ1) is 5.30. The first-order valence-electron chi connectivity index (χ1n) is 4.26. The molecule has 0 aromatic heterocycles. The van der Waals surface area contributed by atoms with Crippen LogP contribution in [0.2, 0.25) is 0 Å². The van der Waals surface area contributed by atoms with Crippen molar-refractivity contribution in [2.24, 2.45) is 11.8 Å². The van der Waals surface area contributed by atoms with E-state index in [0.717, 1.165) is 23.9 Å². The molecule has 4 unspecified atom stereocenters. The van der Waals surface area contributed by atoms with E-state index in [1.807, 2.05) is 0 Å². The van der Waals surface area contributed by atoms with Gasteiger partial charge in [0, 0.05) is 12.5 Å². The summed E-state index contributed by atoms with van der Waals surface area (Å²) in [7, 11) is 0. The lowest BCUT2D eigenvalue weighted by atomic mass is 9.69. The van der Waals surface area contributed by atoms with Crippen LogP contribution in [0.25, 0.3) is 0 Å². The van der Waals surface area contributed by atoms with Crippen LogP contribution in [0.1, 0.15) is 12.8 Å². The summed E-state index contributed by atoms with van der Waals surface area (Å²) in [5.74, 6) is 1.93. The summed E-state index contributed by atoms with van der Waals surface area (Å²) >= 11 is 0. The summed E-state index contributed by atoms with van der Waals surface area (Å²) in [5.41, 5.74) is 0. The zero-order valence-corrected chi connectivity index (χ0v) is 6.01. The molecule has 1 saturated heterocycles. The molecule has 4 atom stereocenters. The molecule has 2 heterocycles. The fourth-order valence-electron chi connectivity index (χ4n) is 2.44. The Morgan fingerprint density at radius 2 is 2.40 bits per heavy atom. The van der Waals surface area contributed by atoms with E-state index in [1.54, 1.807) is 0 Å². The van der Waals surface area contributed by atoms with Crippen molar-refractivity contribution in [2.45, 2.75) is 24.9 Å². The highest BCUT2D eigenvalue weighted by molar-refractivity contribution is 5.59. The standard InChI is InChI=1S/C8H12N2/c1-5-3-9-7(5)2-8-6(1)4-10-8/h3,5-8,10H,1-2,4H2/p+1. The van der Waals surface area contributed by atoms with Gasteiger partial charge in [0.2, 0.25) is 0 Å². The van der Waals surface area contributed by atoms with E-state index in [9.17, 15) is 0 Å². The molecule has 1 aliphatic carbocycles. The van der Waals surface area contributed by atoms with Crippen LogP contribution in [0, 0.1) is 11.8 Å². The van der Waals surface area contributed by atoms with Gasteiger partial charge in [-0.2, -0.15) is 0 Å². The molecule has 1 saturated carbocycles. The number of hydrogen-bond donors (Lipinski definition) is 2. The summed E-state index contributed by atoms with van der Waals surface area (Å²) in [6.07, 6.45) is 5.08. The highest BCUT2D eigenvalue weighted by Gasteiger charge is 2.47. The van der Waals surface area contributed by atoms with Gasteiger partial charge in [-0.15, -0.1) is 0 Å². The van der Waals surface area contributed by atoms with Crippen molar-refractivity contribution in [3.63, 3.8) is 0 Å². The van der Waals surface area contributed by atoms with Crippen LogP contribution in [-0.4, -0.2) is 24.8 Å². The van der Waals surface area contributed by atoms with E-state index >= 15 is 0 Å². The quantitative estimate of drug-likeness (QED) is 0.418. The molecule has 3 rings (SSSR count). The Bertz CT molecular complexity index is 168. The first-order chi connectivity index (χ1) is 4.93. The minimum Gasteiger partial charge on any atom is -0.313 e. The van der Waals surface area contributed by atoms with Gasteiger partial charge >= 0.3 is 0 Å². The van der Waals surface area contributed by atoms with Crippen LogP contribution in [0.5, 0.6) is 0 Å². The summed E-state index contributed by atoms with van der Waals surface area (Å²) in [5, 5.41) is 3.48. The van der Waals surface area contributed by atoms with Gasteiger partial charge in [-0.3, -0.25) is 0 Å². The van der Waals surface area contributed by atoms with Crippen molar-refractivity contribution in [3.8, 4) is 0 Å². The Balaban J connectivity index is 1.80. The van der Waals surface area contributed by atoms with Gasteiger partial charge in [-0.1, -0.05) is 0 Å². The van der Waals surface area contributed by atoms with Crippen LogP contribution in [0.15, 0.2) is 0 Å². The average Bonchev–Trinajstić information content (AvgIpc) is 1.82. The van der Waals surface area contributed by atoms with Gasteiger partial charge in [0.05, 0.1) is 5.92 Å². The van der Waals surface area contributed by atoms with E-state index in [1.165, 1.54) is 19.4 Å². The number of fused-ring (bicyclic) bond motifs is 2. The second-order valence-electron chi connectivity index (χ2n) is 3.85. The summed E-state index contributed by atoms with van der Waals surface area (Å²) in [4.78, 5) is 3.37. The second-order valence-corrected chi connectivity index (χ2v) is 3.85. The third-order valence-corrected chi connectivity index (χ3v) is 3.34. The van der Waals surface area contributed by atoms with Gasteiger partial charge in [0.1, 0.15) is 6.21 Å². The third-order valence-electron chi connectivity index (χ3n) is 3.34. The molecule has 2 nitrogen and oxygen atoms in total.